The van der Waals surface area contributed by atoms with E-state index in [0.717, 1.165) is 39.0 Å². The van der Waals surface area contributed by atoms with E-state index in [1.807, 2.05) is 30.6 Å². The van der Waals surface area contributed by atoms with E-state index in [0.29, 0.717) is 6.54 Å². The molecule has 2 aliphatic rings. The van der Waals surface area contributed by atoms with Crippen LogP contribution in [0, 0.1) is 11.3 Å². The smallest absolute Gasteiger partial charge is 0.227 e. The summed E-state index contributed by atoms with van der Waals surface area (Å²) >= 11 is 0. The van der Waals surface area contributed by atoms with Crippen molar-refractivity contribution in [2.75, 3.05) is 32.7 Å². The number of carbonyl (C=O) groups excluding carboxylic acids is 2. The highest BCUT2D eigenvalue weighted by Gasteiger charge is 2.36. The van der Waals surface area contributed by atoms with Gasteiger partial charge in [0.25, 0.3) is 0 Å². The number of nitrogens with zero attached hydrogens (tertiary/aromatic N) is 2. The molecule has 2 atom stereocenters. The largest absolute Gasteiger partial charge is 0.341 e. The van der Waals surface area contributed by atoms with Crippen molar-refractivity contribution in [1.29, 1.82) is 0 Å². The number of carbonyl (C=O) groups is 2. The first kappa shape index (κ1) is 16.3. The van der Waals surface area contributed by atoms with Gasteiger partial charge in [0.15, 0.2) is 0 Å². The fourth-order valence-electron chi connectivity index (χ4n) is 3.24. The molecule has 2 saturated heterocycles. The molecule has 0 aliphatic carbocycles. The van der Waals surface area contributed by atoms with Crippen LogP contribution in [0.1, 0.15) is 40.5 Å². The van der Waals surface area contributed by atoms with Crippen LogP contribution in [0.3, 0.4) is 0 Å². The van der Waals surface area contributed by atoms with Crippen LogP contribution < -0.4 is 5.32 Å². The Morgan fingerprint density at radius 3 is 2.52 bits per heavy atom. The van der Waals surface area contributed by atoms with Crippen LogP contribution in [-0.2, 0) is 9.59 Å². The first-order valence-electron chi connectivity index (χ1n) is 8.11. The monoisotopic (exact) mass is 295 g/mol. The molecule has 0 radical (unpaired) electrons. The van der Waals surface area contributed by atoms with Crippen molar-refractivity contribution in [2.45, 2.75) is 46.6 Å². The average Bonchev–Trinajstić information content (AvgIpc) is 2.45. The molecule has 0 saturated carbocycles. The van der Waals surface area contributed by atoms with Gasteiger partial charge in [-0.1, -0.05) is 20.8 Å². The van der Waals surface area contributed by atoms with Gasteiger partial charge in [-0.05, 0) is 19.8 Å². The Kier molecular flexibility index (Phi) is 4.91. The average molecular weight is 295 g/mol. The molecular weight excluding hydrogens is 266 g/mol. The summed E-state index contributed by atoms with van der Waals surface area (Å²) in [7, 11) is 0. The molecule has 0 aromatic heterocycles. The Balaban J connectivity index is 2.00. The molecule has 2 rings (SSSR count). The van der Waals surface area contributed by atoms with E-state index in [4.69, 9.17) is 0 Å². The van der Waals surface area contributed by atoms with Gasteiger partial charge in [-0.3, -0.25) is 9.59 Å². The van der Waals surface area contributed by atoms with Crippen LogP contribution in [0.25, 0.3) is 0 Å². The maximum Gasteiger partial charge on any atom is 0.227 e. The fraction of sp³-hybridized carbons (Fsp3) is 0.875. The van der Waals surface area contributed by atoms with Gasteiger partial charge in [-0.25, -0.2) is 0 Å². The van der Waals surface area contributed by atoms with Crippen LogP contribution in [0.4, 0.5) is 0 Å². The lowest BCUT2D eigenvalue weighted by molar-refractivity contribution is -0.146. The number of hydrogen-bond acceptors (Lipinski definition) is 3. The minimum absolute atomic E-state index is 0.0226. The Labute approximate surface area is 128 Å². The molecule has 5 nitrogen and oxygen atoms in total. The van der Waals surface area contributed by atoms with Crippen LogP contribution in [-0.4, -0.2) is 60.4 Å². The lowest BCUT2D eigenvalue weighted by Crippen LogP contribution is -2.56. The zero-order chi connectivity index (χ0) is 15.6. The third-order valence-electron chi connectivity index (χ3n) is 4.48. The van der Waals surface area contributed by atoms with Gasteiger partial charge in [0.1, 0.15) is 0 Å². The van der Waals surface area contributed by atoms with Crippen molar-refractivity contribution < 1.29 is 9.59 Å². The highest BCUT2D eigenvalue weighted by atomic mass is 16.2. The molecule has 0 aromatic rings. The highest BCUT2D eigenvalue weighted by Crippen LogP contribution is 2.25. The van der Waals surface area contributed by atoms with Crippen molar-refractivity contribution in [1.82, 2.24) is 15.1 Å². The standard InChI is InChI=1S/C16H29N3O2/c1-12-10-17-7-9-19(12)14(20)13-6-5-8-18(11-13)15(21)16(2,3)4/h12-13,17H,5-11H2,1-4H3/t12-,13?/m0/s1. The molecule has 0 bridgehead atoms. The van der Waals surface area contributed by atoms with E-state index < -0.39 is 0 Å². The van der Waals surface area contributed by atoms with E-state index >= 15 is 0 Å². The van der Waals surface area contributed by atoms with Crippen LogP contribution in [0.2, 0.25) is 0 Å². The van der Waals surface area contributed by atoms with E-state index in [2.05, 4.69) is 12.2 Å². The maximum atomic E-state index is 12.7. The van der Waals surface area contributed by atoms with Crippen molar-refractivity contribution in [3.05, 3.63) is 0 Å². The minimum atomic E-state index is -0.368. The molecule has 2 amide bonds. The molecule has 5 heteroatoms. The predicted octanol–water partition coefficient (Wildman–Crippen LogP) is 1.09. The van der Waals surface area contributed by atoms with Gasteiger partial charge in [0.2, 0.25) is 11.8 Å². The molecule has 2 heterocycles. The van der Waals surface area contributed by atoms with Gasteiger partial charge < -0.3 is 15.1 Å². The summed E-state index contributed by atoms with van der Waals surface area (Å²) < 4.78 is 0. The number of likely N-dealkylation sites (tertiary alicyclic amines) is 1. The first-order valence-corrected chi connectivity index (χ1v) is 8.11. The maximum absolute atomic E-state index is 12.7. The van der Waals surface area contributed by atoms with E-state index in [1.165, 1.54) is 0 Å². The Bertz CT molecular complexity index is 403. The SMILES string of the molecule is C[C@H]1CNCCN1C(=O)C1CCCN(C(=O)C(C)(C)C)C1. The van der Waals surface area contributed by atoms with E-state index in [1.54, 1.807) is 0 Å². The highest BCUT2D eigenvalue weighted by molar-refractivity contribution is 5.84. The number of amides is 2. The second-order valence-corrected chi connectivity index (χ2v) is 7.43. The van der Waals surface area contributed by atoms with Gasteiger partial charge in [-0.2, -0.15) is 0 Å². The lowest BCUT2D eigenvalue weighted by atomic mass is 9.90. The van der Waals surface area contributed by atoms with Crippen molar-refractivity contribution in [2.24, 2.45) is 11.3 Å². The summed E-state index contributed by atoms with van der Waals surface area (Å²) in [6, 6.07) is 0.250. The number of piperazine rings is 1. The Morgan fingerprint density at radius 2 is 1.90 bits per heavy atom. The fourth-order valence-corrected chi connectivity index (χ4v) is 3.24. The van der Waals surface area contributed by atoms with Gasteiger partial charge >= 0.3 is 0 Å². The first-order chi connectivity index (χ1) is 9.80. The van der Waals surface area contributed by atoms with Crippen LogP contribution >= 0.6 is 0 Å². The Morgan fingerprint density at radius 1 is 1.19 bits per heavy atom. The number of piperidine rings is 1. The third-order valence-corrected chi connectivity index (χ3v) is 4.48. The van der Waals surface area contributed by atoms with Crippen molar-refractivity contribution >= 4 is 11.8 Å². The van der Waals surface area contributed by atoms with E-state index in [-0.39, 0.29) is 29.2 Å². The molecule has 1 unspecified atom stereocenters. The molecule has 2 fully saturated rings. The van der Waals surface area contributed by atoms with Gasteiger partial charge in [0.05, 0.1) is 5.92 Å². The zero-order valence-corrected chi connectivity index (χ0v) is 13.8. The molecular formula is C16H29N3O2. The summed E-state index contributed by atoms with van der Waals surface area (Å²) in [6.45, 7) is 11.8. The summed E-state index contributed by atoms with van der Waals surface area (Å²) in [5, 5.41) is 3.31. The second kappa shape index (κ2) is 6.34. The molecule has 120 valence electrons. The Hall–Kier alpha value is -1.10. The quantitative estimate of drug-likeness (QED) is 0.788. The molecule has 1 N–H and O–H groups in total. The lowest BCUT2D eigenvalue weighted by Gasteiger charge is -2.40. The van der Waals surface area contributed by atoms with Crippen molar-refractivity contribution in [3.63, 3.8) is 0 Å². The molecule has 21 heavy (non-hydrogen) atoms. The third kappa shape index (κ3) is 3.76. The summed E-state index contributed by atoms with van der Waals surface area (Å²) in [6.07, 6.45) is 1.84. The topological polar surface area (TPSA) is 52.7 Å². The predicted molar refractivity (Wildman–Crippen MR) is 82.8 cm³/mol. The van der Waals surface area contributed by atoms with Crippen molar-refractivity contribution in [3.8, 4) is 0 Å². The normalized spacial score (nSPS) is 27.6. The van der Waals surface area contributed by atoms with Crippen LogP contribution in [0.15, 0.2) is 0 Å². The van der Waals surface area contributed by atoms with E-state index in [9.17, 15) is 9.59 Å². The second-order valence-electron chi connectivity index (χ2n) is 7.43. The molecule has 0 aromatic carbocycles. The number of nitrogens with one attached hydrogen (secondary N) is 1. The molecule has 2 aliphatic heterocycles. The van der Waals surface area contributed by atoms with Crippen LogP contribution in [0.5, 0.6) is 0 Å². The summed E-state index contributed by atoms with van der Waals surface area (Å²) in [5.74, 6) is 0.370. The number of hydrogen-bond donors (Lipinski definition) is 1. The summed E-state index contributed by atoms with van der Waals surface area (Å²) in [5.41, 5.74) is -0.368. The minimum Gasteiger partial charge on any atom is -0.341 e. The van der Waals surface area contributed by atoms with Gasteiger partial charge in [-0.15, -0.1) is 0 Å². The molecule has 0 spiro atoms. The zero-order valence-electron chi connectivity index (χ0n) is 13.8. The number of rotatable bonds is 1. The summed E-state index contributed by atoms with van der Waals surface area (Å²) in [4.78, 5) is 29.0. The van der Waals surface area contributed by atoms with Gasteiger partial charge in [0, 0.05) is 44.2 Å².